The highest BCUT2D eigenvalue weighted by molar-refractivity contribution is 7.92. The summed E-state index contributed by atoms with van der Waals surface area (Å²) in [6.45, 7) is 3.81. The van der Waals surface area contributed by atoms with E-state index >= 15 is 0 Å². The van der Waals surface area contributed by atoms with Gasteiger partial charge in [-0.2, -0.15) is 0 Å². The van der Waals surface area contributed by atoms with Gasteiger partial charge in [0.05, 0.1) is 28.4 Å². The van der Waals surface area contributed by atoms with Crippen molar-refractivity contribution < 1.29 is 13.2 Å². The van der Waals surface area contributed by atoms with E-state index in [1.165, 1.54) is 0 Å². The lowest BCUT2D eigenvalue weighted by atomic mass is 10.1. The molecule has 0 saturated carbocycles. The average Bonchev–Trinajstić information content (AvgIpc) is 2.69. The van der Waals surface area contributed by atoms with Crippen LogP contribution in [0.2, 0.25) is 0 Å². The molecule has 1 amide bonds. The van der Waals surface area contributed by atoms with Crippen molar-refractivity contribution in [3.8, 4) is 0 Å². The van der Waals surface area contributed by atoms with Crippen LogP contribution in [0.5, 0.6) is 0 Å². The Labute approximate surface area is 164 Å². The van der Waals surface area contributed by atoms with Gasteiger partial charge in [-0.25, -0.2) is 8.42 Å². The Morgan fingerprint density at radius 2 is 1.75 bits per heavy atom. The van der Waals surface area contributed by atoms with E-state index in [9.17, 15) is 13.2 Å². The highest BCUT2D eigenvalue weighted by Crippen LogP contribution is 2.23. The molecule has 3 rings (SSSR count). The number of aromatic nitrogens is 1. The molecule has 0 aliphatic heterocycles. The lowest BCUT2D eigenvalue weighted by molar-refractivity contribution is 0.0951. The largest absolute Gasteiger partial charge is 0.346 e. The van der Waals surface area contributed by atoms with Crippen molar-refractivity contribution in [3.05, 3.63) is 89.2 Å². The zero-order chi connectivity index (χ0) is 20.1. The second kappa shape index (κ2) is 8.22. The molecule has 1 heterocycles. The van der Waals surface area contributed by atoms with Gasteiger partial charge in [0.25, 0.3) is 15.9 Å². The summed E-state index contributed by atoms with van der Waals surface area (Å²) < 4.78 is 28.3. The minimum absolute atomic E-state index is 0.191. The predicted octanol–water partition coefficient (Wildman–Crippen LogP) is 3.43. The van der Waals surface area contributed by atoms with Crippen LogP contribution in [0.1, 0.15) is 27.2 Å². The average molecular weight is 395 g/mol. The van der Waals surface area contributed by atoms with E-state index in [2.05, 4.69) is 15.0 Å². The monoisotopic (exact) mass is 395 g/mol. The molecule has 3 aromatic rings. The first-order chi connectivity index (χ1) is 13.4. The van der Waals surface area contributed by atoms with E-state index in [0.29, 0.717) is 11.3 Å². The zero-order valence-electron chi connectivity index (χ0n) is 15.6. The van der Waals surface area contributed by atoms with Crippen LogP contribution in [0.3, 0.4) is 0 Å². The summed E-state index contributed by atoms with van der Waals surface area (Å²) in [5.74, 6) is -0.384. The van der Waals surface area contributed by atoms with Crippen molar-refractivity contribution in [2.24, 2.45) is 0 Å². The van der Waals surface area contributed by atoms with Gasteiger partial charge in [-0.1, -0.05) is 30.3 Å². The third-order valence-electron chi connectivity index (χ3n) is 4.21. The molecule has 0 aliphatic rings. The SMILES string of the molecule is Cc1ccc(C)c(S(=O)(=O)Nc2ccccc2C(=O)NCc2ccccn2)c1. The third kappa shape index (κ3) is 4.55. The Hall–Kier alpha value is -3.19. The number of benzene rings is 2. The number of amides is 1. The van der Waals surface area contributed by atoms with Crippen molar-refractivity contribution >= 4 is 21.6 Å². The molecule has 7 heteroatoms. The van der Waals surface area contributed by atoms with Crippen LogP contribution in [0.25, 0.3) is 0 Å². The van der Waals surface area contributed by atoms with Gasteiger partial charge < -0.3 is 5.32 Å². The van der Waals surface area contributed by atoms with Gasteiger partial charge in [0, 0.05) is 6.20 Å². The van der Waals surface area contributed by atoms with Gasteiger partial charge >= 0.3 is 0 Å². The highest BCUT2D eigenvalue weighted by atomic mass is 32.2. The van der Waals surface area contributed by atoms with E-state index in [1.54, 1.807) is 61.7 Å². The summed E-state index contributed by atoms with van der Waals surface area (Å²) in [7, 11) is -3.83. The maximum absolute atomic E-state index is 12.9. The molecule has 0 bridgehead atoms. The van der Waals surface area contributed by atoms with Crippen molar-refractivity contribution in [2.75, 3.05) is 4.72 Å². The topological polar surface area (TPSA) is 88.2 Å². The summed E-state index contributed by atoms with van der Waals surface area (Å²) in [6, 6.07) is 17.2. The first-order valence-corrected chi connectivity index (χ1v) is 10.2. The summed E-state index contributed by atoms with van der Waals surface area (Å²) in [4.78, 5) is 17.0. The number of anilines is 1. The molecule has 0 aliphatic carbocycles. The number of aryl methyl sites for hydroxylation is 2. The molecule has 1 aromatic heterocycles. The molecule has 2 N–H and O–H groups in total. The summed E-state index contributed by atoms with van der Waals surface area (Å²) in [5, 5.41) is 2.77. The number of nitrogens with one attached hydrogen (secondary N) is 2. The molecule has 0 saturated heterocycles. The molecule has 2 aromatic carbocycles. The predicted molar refractivity (Wildman–Crippen MR) is 109 cm³/mol. The maximum atomic E-state index is 12.9. The Balaban J connectivity index is 1.83. The number of hydrogen-bond acceptors (Lipinski definition) is 4. The molecular formula is C21H21N3O3S. The standard InChI is InChI=1S/C21H21N3O3S/c1-15-10-11-16(2)20(13-15)28(26,27)24-19-9-4-3-8-18(19)21(25)23-14-17-7-5-6-12-22-17/h3-13,24H,14H2,1-2H3,(H,23,25). The summed E-state index contributed by atoms with van der Waals surface area (Å²) in [5.41, 5.74) is 2.65. The highest BCUT2D eigenvalue weighted by Gasteiger charge is 2.20. The normalized spacial score (nSPS) is 11.1. The van der Waals surface area contributed by atoms with Crippen molar-refractivity contribution in [1.29, 1.82) is 0 Å². The lowest BCUT2D eigenvalue weighted by Gasteiger charge is -2.14. The number of carbonyl (C=O) groups excluding carboxylic acids is 1. The lowest BCUT2D eigenvalue weighted by Crippen LogP contribution is -2.25. The molecular weight excluding hydrogens is 374 g/mol. The number of rotatable bonds is 6. The second-order valence-electron chi connectivity index (χ2n) is 6.42. The van der Waals surface area contributed by atoms with Crippen molar-refractivity contribution in [3.63, 3.8) is 0 Å². The Bertz CT molecular complexity index is 1100. The Kier molecular flexibility index (Phi) is 5.75. The van der Waals surface area contributed by atoms with Gasteiger partial charge in [-0.15, -0.1) is 0 Å². The van der Waals surface area contributed by atoms with Gasteiger partial charge in [0.2, 0.25) is 0 Å². The van der Waals surface area contributed by atoms with E-state index in [-0.39, 0.29) is 28.6 Å². The summed E-state index contributed by atoms with van der Waals surface area (Å²) >= 11 is 0. The maximum Gasteiger partial charge on any atom is 0.262 e. The molecule has 0 radical (unpaired) electrons. The third-order valence-corrected chi connectivity index (χ3v) is 5.71. The zero-order valence-corrected chi connectivity index (χ0v) is 16.5. The quantitative estimate of drug-likeness (QED) is 0.669. The van der Waals surface area contributed by atoms with Gasteiger partial charge in [-0.3, -0.25) is 14.5 Å². The fraction of sp³-hybridized carbons (Fsp3) is 0.143. The molecule has 6 nitrogen and oxygen atoms in total. The number of sulfonamides is 1. The minimum atomic E-state index is -3.83. The van der Waals surface area contributed by atoms with E-state index in [1.807, 2.05) is 19.1 Å². The number of carbonyl (C=O) groups is 1. The van der Waals surface area contributed by atoms with Crippen molar-refractivity contribution in [1.82, 2.24) is 10.3 Å². The summed E-state index contributed by atoms with van der Waals surface area (Å²) in [6.07, 6.45) is 1.65. The second-order valence-corrected chi connectivity index (χ2v) is 8.07. The first kappa shape index (κ1) is 19.6. The van der Waals surface area contributed by atoms with E-state index < -0.39 is 10.0 Å². The molecule has 28 heavy (non-hydrogen) atoms. The Morgan fingerprint density at radius 3 is 2.50 bits per heavy atom. The fourth-order valence-electron chi connectivity index (χ4n) is 2.74. The van der Waals surface area contributed by atoms with Crippen LogP contribution in [-0.4, -0.2) is 19.3 Å². The van der Waals surface area contributed by atoms with Crippen LogP contribution >= 0.6 is 0 Å². The van der Waals surface area contributed by atoms with Crippen LogP contribution in [0.15, 0.2) is 71.8 Å². The molecule has 0 fully saturated rings. The first-order valence-electron chi connectivity index (χ1n) is 8.74. The van der Waals surface area contributed by atoms with E-state index in [0.717, 1.165) is 5.56 Å². The number of pyridine rings is 1. The molecule has 144 valence electrons. The Morgan fingerprint density at radius 1 is 1.00 bits per heavy atom. The number of hydrogen-bond donors (Lipinski definition) is 2. The van der Waals surface area contributed by atoms with Crippen LogP contribution in [0, 0.1) is 13.8 Å². The smallest absolute Gasteiger partial charge is 0.262 e. The molecule has 0 atom stereocenters. The van der Waals surface area contributed by atoms with Gasteiger partial charge in [-0.05, 0) is 55.3 Å². The van der Waals surface area contributed by atoms with Gasteiger partial charge in [0.15, 0.2) is 0 Å². The van der Waals surface area contributed by atoms with Crippen molar-refractivity contribution in [2.45, 2.75) is 25.3 Å². The fourth-order valence-corrected chi connectivity index (χ4v) is 4.15. The van der Waals surface area contributed by atoms with Crippen LogP contribution in [0.4, 0.5) is 5.69 Å². The van der Waals surface area contributed by atoms with Crippen LogP contribution < -0.4 is 10.0 Å². The molecule has 0 spiro atoms. The van der Waals surface area contributed by atoms with E-state index in [4.69, 9.17) is 0 Å². The number of para-hydroxylation sites is 1. The number of nitrogens with zero attached hydrogens (tertiary/aromatic N) is 1. The van der Waals surface area contributed by atoms with Gasteiger partial charge in [0.1, 0.15) is 0 Å². The molecule has 0 unspecified atom stereocenters. The van der Waals surface area contributed by atoms with Crippen LogP contribution in [-0.2, 0) is 16.6 Å². The minimum Gasteiger partial charge on any atom is -0.346 e.